The van der Waals surface area contributed by atoms with Crippen LogP contribution in [0.2, 0.25) is 0 Å². The van der Waals surface area contributed by atoms with Crippen molar-refractivity contribution >= 4 is 43.1 Å². The van der Waals surface area contributed by atoms with Crippen LogP contribution in [0.3, 0.4) is 0 Å². The molecule has 1 aliphatic rings. The highest BCUT2D eigenvalue weighted by atomic mass is 14.3. The first-order valence-corrected chi connectivity index (χ1v) is 17.6. The third-order valence-electron chi connectivity index (χ3n) is 11.1. The molecule has 10 rings (SSSR count). The van der Waals surface area contributed by atoms with E-state index in [-0.39, 0.29) is 0 Å². The highest BCUT2D eigenvalue weighted by Gasteiger charge is 2.26. The lowest BCUT2D eigenvalue weighted by molar-refractivity contribution is 1.42. The summed E-state index contributed by atoms with van der Waals surface area (Å²) in [5.74, 6) is 0. The van der Waals surface area contributed by atoms with Crippen molar-refractivity contribution in [1.29, 1.82) is 10.5 Å². The fraction of sp³-hybridized carbons (Fsp3) is 0.0400. The zero-order valence-corrected chi connectivity index (χ0v) is 28.8. The van der Waals surface area contributed by atoms with Gasteiger partial charge in [0.15, 0.2) is 0 Å². The van der Waals surface area contributed by atoms with Crippen molar-refractivity contribution < 1.29 is 0 Å². The van der Waals surface area contributed by atoms with Crippen LogP contribution in [0.15, 0.2) is 146 Å². The van der Waals surface area contributed by atoms with E-state index in [1.54, 1.807) is 0 Å². The first-order valence-electron chi connectivity index (χ1n) is 17.6. The number of hydrogen-bond acceptors (Lipinski definition) is 2. The van der Waals surface area contributed by atoms with E-state index in [0.717, 1.165) is 33.4 Å². The van der Waals surface area contributed by atoms with Gasteiger partial charge in [0.1, 0.15) is 0 Å². The molecule has 52 heavy (non-hydrogen) atoms. The van der Waals surface area contributed by atoms with Crippen LogP contribution in [-0.2, 0) is 0 Å². The lowest BCUT2D eigenvalue weighted by Crippen LogP contribution is -1.93. The molecule has 0 atom stereocenters. The molecular formula is C50H30N2. The Balaban J connectivity index is 1.34. The fourth-order valence-corrected chi connectivity index (χ4v) is 8.73. The van der Waals surface area contributed by atoms with Crippen LogP contribution in [-0.4, -0.2) is 0 Å². The Bertz CT molecular complexity index is 3100. The molecule has 240 valence electrons. The SMILES string of the molecule is Cc1cc(C#N)ccc1-c1cc2c3cc4c(cc3c(-c3ccc(C#N)cc3C)cc2c2ccccc12)-c1cccc2c(-c3ccccc3)ccc-4c12. The van der Waals surface area contributed by atoms with E-state index in [9.17, 15) is 10.5 Å². The molecule has 0 N–H and O–H groups in total. The van der Waals surface area contributed by atoms with E-state index < -0.39 is 0 Å². The number of fused-ring (bicyclic) bond motifs is 8. The Morgan fingerprint density at radius 3 is 1.46 bits per heavy atom. The summed E-state index contributed by atoms with van der Waals surface area (Å²) < 4.78 is 0. The molecule has 0 bridgehead atoms. The number of rotatable bonds is 3. The molecule has 9 aromatic carbocycles. The van der Waals surface area contributed by atoms with Gasteiger partial charge in [-0.3, -0.25) is 0 Å². The first kappa shape index (κ1) is 29.9. The molecular weight excluding hydrogens is 629 g/mol. The quantitative estimate of drug-likeness (QED) is 0.177. The van der Waals surface area contributed by atoms with Crippen molar-refractivity contribution in [1.82, 2.24) is 0 Å². The number of nitriles is 2. The lowest BCUT2D eigenvalue weighted by Gasteiger charge is -2.19. The van der Waals surface area contributed by atoms with Crippen molar-refractivity contribution in [3.63, 3.8) is 0 Å². The van der Waals surface area contributed by atoms with Crippen molar-refractivity contribution in [3.8, 4) is 67.8 Å². The van der Waals surface area contributed by atoms with E-state index in [1.165, 1.54) is 76.5 Å². The van der Waals surface area contributed by atoms with Gasteiger partial charge in [0.2, 0.25) is 0 Å². The summed E-state index contributed by atoms with van der Waals surface area (Å²) in [5, 5.41) is 29.0. The Morgan fingerprint density at radius 2 is 0.808 bits per heavy atom. The summed E-state index contributed by atoms with van der Waals surface area (Å²) in [7, 11) is 0. The van der Waals surface area contributed by atoms with Crippen LogP contribution in [0.4, 0.5) is 0 Å². The number of hydrogen-bond donors (Lipinski definition) is 0. The summed E-state index contributed by atoms with van der Waals surface area (Å²) in [4.78, 5) is 0. The molecule has 2 heteroatoms. The molecule has 0 aliphatic heterocycles. The topological polar surface area (TPSA) is 47.6 Å². The summed E-state index contributed by atoms with van der Waals surface area (Å²) >= 11 is 0. The van der Waals surface area contributed by atoms with Crippen LogP contribution in [0.1, 0.15) is 22.3 Å². The van der Waals surface area contributed by atoms with Crippen LogP contribution >= 0.6 is 0 Å². The molecule has 0 radical (unpaired) electrons. The second-order valence-corrected chi connectivity index (χ2v) is 14.0. The maximum atomic E-state index is 9.71. The predicted octanol–water partition coefficient (Wildman–Crippen LogP) is 13.3. The normalized spacial score (nSPS) is 11.6. The minimum Gasteiger partial charge on any atom is -0.192 e. The second kappa shape index (κ2) is 11.3. The van der Waals surface area contributed by atoms with Crippen LogP contribution < -0.4 is 0 Å². The Labute approximate surface area is 302 Å². The van der Waals surface area contributed by atoms with Gasteiger partial charge in [-0.2, -0.15) is 10.5 Å². The molecule has 9 aromatic rings. The summed E-state index contributed by atoms with van der Waals surface area (Å²) in [6, 6.07) is 56.9. The standard InChI is InChI=1S/C50H30N2/c1-29-21-31(27-51)15-17-34(29)42-23-48-44(38-12-7-6-11-37(38)42)24-43(35-18-16-32(28-52)22-30(35)2)47-25-45-40-14-8-13-39-36(33-9-4-3-5-10-33)19-20-41(50(39)40)46(45)26-49(47)48/h3-26H,1-2H3. The zero-order chi connectivity index (χ0) is 35.1. The average molecular weight is 659 g/mol. The van der Waals surface area contributed by atoms with Crippen molar-refractivity contribution in [2.24, 2.45) is 0 Å². The van der Waals surface area contributed by atoms with E-state index in [2.05, 4.69) is 147 Å². The van der Waals surface area contributed by atoms with Crippen LogP contribution in [0, 0.1) is 36.5 Å². The van der Waals surface area contributed by atoms with Gasteiger partial charge in [0.25, 0.3) is 0 Å². The Kier molecular flexibility index (Phi) is 6.47. The van der Waals surface area contributed by atoms with Gasteiger partial charge in [-0.15, -0.1) is 0 Å². The van der Waals surface area contributed by atoms with Gasteiger partial charge in [0, 0.05) is 0 Å². The third-order valence-corrected chi connectivity index (χ3v) is 11.1. The molecule has 0 unspecified atom stereocenters. The average Bonchev–Trinajstić information content (AvgIpc) is 3.50. The smallest absolute Gasteiger partial charge is 0.0991 e. The Morgan fingerprint density at radius 1 is 0.327 bits per heavy atom. The molecule has 0 fully saturated rings. The van der Waals surface area contributed by atoms with Gasteiger partial charge in [0.05, 0.1) is 23.3 Å². The lowest BCUT2D eigenvalue weighted by atomic mass is 9.84. The minimum atomic E-state index is 0.663. The largest absolute Gasteiger partial charge is 0.192 e. The van der Waals surface area contributed by atoms with E-state index in [0.29, 0.717) is 11.1 Å². The maximum Gasteiger partial charge on any atom is 0.0991 e. The van der Waals surface area contributed by atoms with Crippen molar-refractivity contribution in [2.75, 3.05) is 0 Å². The molecule has 0 aromatic heterocycles. The molecule has 0 saturated carbocycles. The Hall–Kier alpha value is -7.00. The maximum absolute atomic E-state index is 9.71. The minimum absolute atomic E-state index is 0.663. The van der Waals surface area contributed by atoms with Crippen molar-refractivity contribution in [3.05, 3.63) is 168 Å². The number of nitrogens with zero attached hydrogens (tertiary/aromatic N) is 2. The summed E-state index contributed by atoms with van der Waals surface area (Å²) in [5.41, 5.74) is 15.5. The highest BCUT2D eigenvalue weighted by Crippen LogP contribution is 2.53. The summed E-state index contributed by atoms with van der Waals surface area (Å²) in [6.45, 7) is 4.20. The van der Waals surface area contributed by atoms with Gasteiger partial charge in [-0.05, 0) is 172 Å². The van der Waals surface area contributed by atoms with E-state index >= 15 is 0 Å². The molecule has 0 saturated heterocycles. The van der Waals surface area contributed by atoms with Crippen molar-refractivity contribution in [2.45, 2.75) is 13.8 Å². The molecule has 0 spiro atoms. The monoisotopic (exact) mass is 658 g/mol. The van der Waals surface area contributed by atoms with Gasteiger partial charge < -0.3 is 0 Å². The highest BCUT2D eigenvalue weighted by molar-refractivity contribution is 6.27. The summed E-state index contributed by atoms with van der Waals surface area (Å²) in [6.07, 6.45) is 0. The molecule has 2 nitrogen and oxygen atoms in total. The third kappa shape index (κ3) is 4.29. The molecule has 1 aliphatic carbocycles. The number of aryl methyl sites for hydroxylation is 2. The van der Waals surface area contributed by atoms with Gasteiger partial charge in [-0.1, -0.05) is 97.1 Å². The second-order valence-electron chi connectivity index (χ2n) is 14.0. The van der Waals surface area contributed by atoms with E-state index in [1.807, 2.05) is 24.3 Å². The van der Waals surface area contributed by atoms with Gasteiger partial charge >= 0.3 is 0 Å². The number of benzene rings is 9. The zero-order valence-electron chi connectivity index (χ0n) is 28.8. The fourth-order valence-electron chi connectivity index (χ4n) is 8.73. The molecule has 0 heterocycles. The van der Waals surface area contributed by atoms with E-state index in [4.69, 9.17) is 0 Å². The van der Waals surface area contributed by atoms with Crippen LogP contribution in [0.5, 0.6) is 0 Å². The van der Waals surface area contributed by atoms with Crippen LogP contribution in [0.25, 0.3) is 98.7 Å². The van der Waals surface area contributed by atoms with Gasteiger partial charge in [-0.25, -0.2) is 0 Å². The molecule has 0 amide bonds. The predicted molar refractivity (Wildman–Crippen MR) is 216 cm³/mol. The first-order chi connectivity index (χ1) is 25.5.